The van der Waals surface area contributed by atoms with Crippen LogP contribution in [0.2, 0.25) is 0 Å². The first-order valence-electron chi connectivity index (χ1n) is 4.81. The molecule has 2 heterocycles. The summed E-state index contributed by atoms with van der Waals surface area (Å²) < 4.78 is 6.78. The van der Waals surface area contributed by atoms with Gasteiger partial charge in [-0.25, -0.2) is 14.4 Å². The minimum Gasteiger partial charge on any atom is -0.494 e. The molecule has 1 aromatic rings. The van der Waals surface area contributed by atoms with Crippen molar-refractivity contribution in [1.82, 2.24) is 14.4 Å². The number of nitrogens with zero attached hydrogens (tertiary/aromatic N) is 4. The Morgan fingerprint density at radius 2 is 1.80 bits per heavy atom. The van der Waals surface area contributed by atoms with Crippen LogP contribution in [0.1, 0.15) is 0 Å². The van der Waals surface area contributed by atoms with Gasteiger partial charge in [-0.15, -0.1) is 0 Å². The summed E-state index contributed by atoms with van der Waals surface area (Å²) >= 11 is 5.86. The van der Waals surface area contributed by atoms with Crippen molar-refractivity contribution < 1.29 is 4.74 Å². The SMILES string of the molecule is COc1cnc(N2CCN(Cl)CC2)nc1. The topological polar surface area (TPSA) is 41.5 Å². The molecule has 0 bridgehead atoms. The number of hydrogen-bond donors (Lipinski definition) is 0. The summed E-state index contributed by atoms with van der Waals surface area (Å²) in [6, 6.07) is 0. The number of piperazine rings is 1. The third-order valence-electron chi connectivity index (χ3n) is 2.36. The van der Waals surface area contributed by atoms with E-state index in [0.717, 1.165) is 32.1 Å². The van der Waals surface area contributed by atoms with Crippen molar-refractivity contribution in [2.75, 3.05) is 38.2 Å². The fourth-order valence-corrected chi connectivity index (χ4v) is 1.61. The Balaban J connectivity index is 2.03. The molecule has 2 rings (SSSR count). The van der Waals surface area contributed by atoms with Crippen molar-refractivity contribution in [2.24, 2.45) is 0 Å². The van der Waals surface area contributed by atoms with E-state index in [0.29, 0.717) is 5.75 Å². The van der Waals surface area contributed by atoms with Gasteiger partial charge in [0.15, 0.2) is 5.75 Å². The quantitative estimate of drug-likeness (QED) is 0.700. The van der Waals surface area contributed by atoms with Gasteiger partial charge in [-0.05, 0) is 11.8 Å². The molecule has 0 aromatic carbocycles. The molecule has 0 unspecified atom stereocenters. The Hall–Kier alpha value is -1.07. The maximum absolute atomic E-state index is 5.86. The van der Waals surface area contributed by atoms with Crippen molar-refractivity contribution >= 4 is 17.7 Å². The summed E-state index contributed by atoms with van der Waals surface area (Å²) in [6.07, 6.45) is 3.35. The average molecular weight is 229 g/mol. The molecule has 1 saturated heterocycles. The molecule has 15 heavy (non-hydrogen) atoms. The molecule has 0 spiro atoms. The Morgan fingerprint density at radius 1 is 1.20 bits per heavy atom. The lowest BCUT2D eigenvalue weighted by molar-refractivity contribution is 0.405. The Labute approximate surface area is 93.7 Å². The van der Waals surface area contributed by atoms with Gasteiger partial charge in [-0.2, -0.15) is 0 Å². The Bertz CT molecular complexity index is 310. The molecule has 82 valence electrons. The summed E-state index contributed by atoms with van der Waals surface area (Å²) in [6.45, 7) is 3.37. The first-order chi connectivity index (χ1) is 7.29. The molecule has 0 aliphatic carbocycles. The lowest BCUT2D eigenvalue weighted by Gasteiger charge is -2.30. The number of rotatable bonds is 2. The molecule has 0 radical (unpaired) electrons. The van der Waals surface area contributed by atoms with Crippen molar-refractivity contribution in [2.45, 2.75) is 0 Å². The van der Waals surface area contributed by atoms with E-state index in [1.54, 1.807) is 23.9 Å². The standard InChI is InChI=1S/C9H13ClN4O/c1-15-8-6-11-9(12-7-8)13-2-4-14(10)5-3-13/h6-7H,2-5H2,1H3. The highest BCUT2D eigenvalue weighted by molar-refractivity contribution is 6.13. The molecule has 5 nitrogen and oxygen atoms in total. The van der Waals surface area contributed by atoms with Gasteiger partial charge in [0.05, 0.1) is 19.5 Å². The minimum atomic E-state index is 0.676. The highest BCUT2D eigenvalue weighted by Gasteiger charge is 2.17. The van der Waals surface area contributed by atoms with Crippen LogP contribution in [0.25, 0.3) is 0 Å². The van der Waals surface area contributed by atoms with Crippen LogP contribution < -0.4 is 9.64 Å². The predicted octanol–water partition coefficient (Wildman–Crippen LogP) is 0.761. The lowest BCUT2D eigenvalue weighted by Crippen LogP contribution is -2.43. The normalized spacial score (nSPS) is 17.9. The van der Waals surface area contributed by atoms with Crippen LogP contribution in [0.15, 0.2) is 12.4 Å². The minimum absolute atomic E-state index is 0.676. The van der Waals surface area contributed by atoms with Crippen LogP contribution in [0, 0.1) is 0 Å². The number of ether oxygens (including phenoxy) is 1. The fraction of sp³-hybridized carbons (Fsp3) is 0.556. The zero-order chi connectivity index (χ0) is 10.7. The van der Waals surface area contributed by atoms with Gasteiger partial charge >= 0.3 is 0 Å². The van der Waals surface area contributed by atoms with Gasteiger partial charge in [0.2, 0.25) is 5.95 Å². The highest BCUT2D eigenvalue weighted by Crippen LogP contribution is 2.14. The summed E-state index contributed by atoms with van der Waals surface area (Å²) in [5.74, 6) is 1.41. The zero-order valence-electron chi connectivity index (χ0n) is 8.56. The van der Waals surface area contributed by atoms with E-state index < -0.39 is 0 Å². The van der Waals surface area contributed by atoms with Crippen LogP contribution in [0.3, 0.4) is 0 Å². The first-order valence-corrected chi connectivity index (χ1v) is 5.15. The third-order valence-corrected chi connectivity index (χ3v) is 2.70. The van der Waals surface area contributed by atoms with E-state index in [-0.39, 0.29) is 0 Å². The highest BCUT2D eigenvalue weighted by atomic mass is 35.5. The molecule has 1 aliphatic rings. The van der Waals surface area contributed by atoms with Crippen molar-refractivity contribution in [1.29, 1.82) is 0 Å². The van der Waals surface area contributed by atoms with Crippen molar-refractivity contribution in [3.05, 3.63) is 12.4 Å². The summed E-state index contributed by atoms with van der Waals surface area (Å²) in [5.41, 5.74) is 0. The molecule has 0 N–H and O–H groups in total. The van der Waals surface area contributed by atoms with E-state index in [1.165, 1.54) is 0 Å². The van der Waals surface area contributed by atoms with Crippen LogP contribution >= 0.6 is 11.8 Å². The largest absolute Gasteiger partial charge is 0.494 e. The molecular formula is C9H13ClN4O. The predicted molar refractivity (Wildman–Crippen MR) is 58.2 cm³/mol. The van der Waals surface area contributed by atoms with Gasteiger partial charge in [0.25, 0.3) is 0 Å². The fourth-order valence-electron chi connectivity index (χ4n) is 1.46. The maximum Gasteiger partial charge on any atom is 0.225 e. The molecule has 0 amide bonds. The molecule has 0 atom stereocenters. The summed E-state index contributed by atoms with van der Waals surface area (Å²) in [7, 11) is 1.60. The smallest absolute Gasteiger partial charge is 0.225 e. The van der Waals surface area contributed by atoms with Crippen LogP contribution in [0.5, 0.6) is 5.75 Å². The number of halogens is 1. The molecule has 6 heteroatoms. The van der Waals surface area contributed by atoms with Crippen LogP contribution in [-0.4, -0.2) is 47.7 Å². The second-order valence-electron chi connectivity index (χ2n) is 3.32. The van der Waals surface area contributed by atoms with E-state index in [9.17, 15) is 0 Å². The summed E-state index contributed by atoms with van der Waals surface area (Å²) in [5, 5.41) is 0. The first kappa shape index (κ1) is 10.4. The van der Waals surface area contributed by atoms with E-state index >= 15 is 0 Å². The number of anilines is 1. The monoisotopic (exact) mass is 228 g/mol. The second-order valence-corrected chi connectivity index (χ2v) is 3.80. The van der Waals surface area contributed by atoms with Gasteiger partial charge in [0.1, 0.15) is 0 Å². The molecule has 1 aliphatic heterocycles. The Kier molecular flexibility index (Phi) is 3.23. The number of aromatic nitrogens is 2. The van der Waals surface area contributed by atoms with Crippen LogP contribution in [0.4, 0.5) is 5.95 Å². The molecule has 1 aromatic heterocycles. The maximum atomic E-state index is 5.86. The lowest BCUT2D eigenvalue weighted by atomic mass is 10.4. The van der Waals surface area contributed by atoms with Gasteiger partial charge in [-0.3, -0.25) is 0 Å². The molecular weight excluding hydrogens is 216 g/mol. The van der Waals surface area contributed by atoms with E-state index in [4.69, 9.17) is 16.5 Å². The average Bonchev–Trinajstić information content (AvgIpc) is 2.30. The van der Waals surface area contributed by atoms with Crippen LogP contribution in [-0.2, 0) is 0 Å². The van der Waals surface area contributed by atoms with Crippen molar-refractivity contribution in [3.8, 4) is 5.75 Å². The second kappa shape index (κ2) is 4.63. The molecule has 1 fully saturated rings. The number of methoxy groups -OCH3 is 1. The van der Waals surface area contributed by atoms with E-state index in [2.05, 4.69) is 14.9 Å². The van der Waals surface area contributed by atoms with Gasteiger partial charge in [-0.1, -0.05) is 0 Å². The van der Waals surface area contributed by atoms with Gasteiger partial charge < -0.3 is 9.64 Å². The number of hydrogen-bond acceptors (Lipinski definition) is 5. The summed E-state index contributed by atoms with van der Waals surface area (Å²) in [4.78, 5) is 10.6. The zero-order valence-corrected chi connectivity index (χ0v) is 9.31. The van der Waals surface area contributed by atoms with Gasteiger partial charge in [0, 0.05) is 26.2 Å². The molecule has 0 saturated carbocycles. The van der Waals surface area contributed by atoms with Crippen molar-refractivity contribution in [3.63, 3.8) is 0 Å². The third kappa shape index (κ3) is 2.49. The van der Waals surface area contributed by atoms with E-state index in [1.807, 2.05) is 0 Å². The Morgan fingerprint density at radius 3 is 2.33 bits per heavy atom.